The fraction of sp³-hybridized carbons (Fsp3) is 0.308. The monoisotopic (exact) mass is 226 g/mol. The van der Waals surface area contributed by atoms with E-state index in [0.717, 1.165) is 24.2 Å². The summed E-state index contributed by atoms with van der Waals surface area (Å²) in [5.41, 5.74) is 4.60. The molecule has 0 atom stereocenters. The lowest BCUT2D eigenvalue weighted by Crippen LogP contribution is -1.93. The van der Waals surface area contributed by atoms with Gasteiger partial charge in [0, 0.05) is 30.2 Å². The molecule has 4 heteroatoms. The van der Waals surface area contributed by atoms with Crippen LogP contribution in [0.5, 0.6) is 0 Å². The van der Waals surface area contributed by atoms with Crippen LogP contribution < -0.4 is 0 Å². The maximum atomic E-state index is 4.38. The molecule has 0 aromatic carbocycles. The first-order valence-corrected chi connectivity index (χ1v) is 5.84. The van der Waals surface area contributed by atoms with Gasteiger partial charge in [-0.05, 0) is 31.4 Å². The fourth-order valence-electron chi connectivity index (χ4n) is 2.22. The van der Waals surface area contributed by atoms with Gasteiger partial charge in [-0.25, -0.2) is 0 Å². The Balaban J connectivity index is 1.96. The lowest BCUT2D eigenvalue weighted by Gasteiger charge is -1.99. The Morgan fingerprint density at radius 2 is 2.29 bits per heavy atom. The van der Waals surface area contributed by atoms with Gasteiger partial charge in [0.2, 0.25) is 0 Å². The number of nitrogens with zero attached hydrogens (tertiary/aromatic N) is 4. The van der Waals surface area contributed by atoms with E-state index in [4.69, 9.17) is 0 Å². The van der Waals surface area contributed by atoms with Gasteiger partial charge in [-0.1, -0.05) is 0 Å². The predicted octanol–water partition coefficient (Wildman–Crippen LogP) is 2.18. The largest absolute Gasteiger partial charge is 0.269 e. The van der Waals surface area contributed by atoms with Crippen molar-refractivity contribution in [1.29, 1.82) is 0 Å². The molecule has 17 heavy (non-hydrogen) atoms. The topological polar surface area (TPSA) is 43.6 Å². The van der Waals surface area contributed by atoms with E-state index in [0.29, 0.717) is 0 Å². The van der Waals surface area contributed by atoms with E-state index in [9.17, 15) is 0 Å². The van der Waals surface area contributed by atoms with E-state index in [2.05, 4.69) is 32.7 Å². The highest BCUT2D eigenvalue weighted by atomic mass is 15.3. The van der Waals surface area contributed by atoms with E-state index < -0.39 is 0 Å². The van der Waals surface area contributed by atoms with Crippen LogP contribution in [-0.4, -0.2) is 19.7 Å². The summed E-state index contributed by atoms with van der Waals surface area (Å²) in [5, 5.41) is 4.38. The second-order valence-corrected chi connectivity index (χ2v) is 4.29. The molecule has 2 aromatic rings. The Morgan fingerprint density at radius 3 is 3.12 bits per heavy atom. The highest BCUT2D eigenvalue weighted by molar-refractivity contribution is 5.78. The second kappa shape index (κ2) is 4.13. The number of hydrogen-bond donors (Lipinski definition) is 0. The minimum atomic E-state index is 0.922. The standard InChI is InChI=1S/C13H14N4/c1-10(12-9-14-4-5-15-12)7-11-8-16-17-6-2-3-13(11)17/h4-5,7-9H,2-3,6H2,1H3. The third-order valence-corrected chi connectivity index (χ3v) is 3.10. The molecule has 0 fully saturated rings. The van der Waals surface area contributed by atoms with Crippen LogP contribution in [0.2, 0.25) is 0 Å². The van der Waals surface area contributed by atoms with Crippen molar-refractivity contribution in [3.05, 3.63) is 41.7 Å². The molecule has 86 valence electrons. The summed E-state index contributed by atoms with van der Waals surface area (Å²) in [6.07, 6.45) is 11.6. The molecule has 0 saturated heterocycles. The number of rotatable bonds is 2. The Bertz CT molecular complexity index is 554. The smallest absolute Gasteiger partial charge is 0.0842 e. The molecule has 0 radical (unpaired) electrons. The fourth-order valence-corrected chi connectivity index (χ4v) is 2.22. The molecule has 0 unspecified atom stereocenters. The average Bonchev–Trinajstić information content (AvgIpc) is 2.95. The van der Waals surface area contributed by atoms with Gasteiger partial charge in [0.1, 0.15) is 0 Å². The molecule has 4 nitrogen and oxygen atoms in total. The maximum Gasteiger partial charge on any atom is 0.0842 e. The van der Waals surface area contributed by atoms with Gasteiger partial charge in [-0.3, -0.25) is 14.6 Å². The van der Waals surface area contributed by atoms with Crippen LogP contribution in [0.25, 0.3) is 11.6 Å². The van der Waals surface area contributed by atoms with Gasteiger partial charge in [0.15, 0.2) is 0 Å². The van der Waals surface area contributed by atoms with Gasteiger partial charge in [0.25, 0.3) is 0 Å². The van der Waals surface area contributed by atoms with Crippen LogP contribution >= 0.6 is 0 Å². The zero-order valence-electron chi connectivity index (χ0n) is 9.80. The van der Waals surface area contributed by atoms with Crippen molar-refractivity contribution in [3.8, 4) is 0 Å². The van der Waals surface area contributed by atoms with Crippen molar-refractivity contribution >= 4 is 11.6 Å². The van der Waals surface area contributed by atoms with E-state index >= 15 is 0 Å². The molecule has 1 aliphatic heterocycles. The van der Waals surface area contributed by atoms with Gasteiger partial charge in [-0.2, -0.15) is 5.10 Å². The quantitative estimate of drug-likeness (QED) is 0.788. The Morgan fingerprint density at radius 1 is 1.35 bits per heavy atom. The second-order valence-electron chi connectivity index (χ2n) is 4.29. The third-order valence-electron chi connectivity index (χ3n) is 3.10. The van der Waals surface area contributed by atoms with E-state index in [-0.39, 0.29) is 0 Å². The van der Waals surface area contributed by atoms with Gasteiger partial charge in [0.05, 0.1) is 18.1 Å². The van der Waals surface area contributed by atoms with Crippen molar-refractivity contribution in [2.75, 3.05) is 0 Å². The molecular weight excluding hydrogens is 212 g/mol. The molecule has 0 saturated carbocycles. The Hall–Kier alpha value is -1.97. The highest BCUT2D eigenvalue weighted by Crippen LogP contribution is 2.22. The van der Waals surface area contributed by atoms with Crippen molar-refractivity contribution in [2.24, 2.45) is 0 Å². The minimum Gasteiger partial charge on any atom is -0.269 e. The Labute approximate surface area is 100 Å². The molecule has 0 amide bonds. The van der Waals surface area contributed by atoms with Crippen molar-refractivity contribution in [2.45, 2.75) is 26.3 Å². The third kappa shape index (κ3) is 1.86. The van der Waals surface area contributed by atoms with Crippen LogP contribution in [0, 0.1) is 0 Å². The molecule has 3 heterocycles. The summed E-state index contributed by atoms with van der Waals surface area (Å²) in [4.78, 5) is 8.38. The summed E-state index contributed by atoms with van der Waals surface area (Å²) in [5.74, 6) is 0. The molecule has 0 N–H and O–H groups in total. The summed E-state index contributed by atoms with van der Waals surface area (Å²) < 4.78 is 2.09. The van der Waals surface area contributed by atoms with Crippen molar-refractivity contribution in [3.63, 3.8) is 0 Å². The van der Waals surface area contributed by atoms with E-state index in [1.54, 1.807) is 18.6 Å². The number of aryl methyl sites for hydroxylation is 1. The molecule has 0 aliphatic carbocycles. The molecular formula is C13H14N4. The molecule has 0 bridgehead atoms. The van der Waals surface area contributed by atoms with Gasteiger partial charge < -0.3 is 0 Å². The number of allylic oxidation sites excluding steroid dienone is 1. The van der Waals surface area contributed by atoms with Crippen LogP contribution in [0.3, 0.4) is 0 Å². The summed E-state index contributed by atoms with van der Waals surface area (Å²) >= 11 is 0. The summed E-state index contributed by atoms with van der Waals surface area (Å²) in [7, 11) is 0. The van der Waals surface area contributed by atoms with Gasteiger partial charge in [-0.15, -0.1) is 0 Å². The summed E-state index contributed by atoms with van der Waals surface area (Å²) in [6.45, 7) is 3.11. The van der Waals surface area contributed by atoms with E-state index in [1.165, 1.54) is 17.7 Å². The van der Waals surface area contributed by atoms with Crippen molar-refractivity contribution < 1.29 is 0 Å². The lowest BCUT2D eigenvalue weighted by atomic mass is 10.1. The Kier molecular flexibility index (Phi) is 2.48. The van der Waals surface area contributed by atoms with Crippen LogP contribution in [0.15, 0.2) is 24.8 Å². The summed E-state index contributed by atoms with van der Waals surface area (Å²) in [6, 6.07) is 0. The number of hydrogen-bond acceptors (Lipinski definition) is 3. The first kappa shape index (κ1) is 10.2. The molecule has 0 spiro atoms. The maximum absolute atomic E-state index is 4.38. The zero-order valence-corrected chi connectivity index (χ0v) is 9.80. The average molecular weight is 226 g/mol. The van der Waals surface area contributed by atoms with Crippen LogP contribution in [0.4, 0.5) is 0 Å². The highest BCUT2D eigenvalue weighted by Gasteiger charge is 2.14. The first-order chi connectivity index (χ1) is 8.34. The first-order valence-electron chi connectivity index (χ1n) is 5.84. The van der Waals surface area contributed by atoms with Crippen LogP contribution in [0.1, 0.15) is 30.3 Å². The van der Waals surface area contributed by atoms with Crippen LogP contribution in [-0.2, 0) is 13.0 Å². The number of aromatic nitrogens is 4. The lowest BCUT2D eigenvalue weighted by molar-refractivity contribution is 0.656. The predicted molar refractivity (Wildman–Crippen MR) is 66.1 cm³/mol. The molecule has 3 rings (SSSR count). The van der Waals surface area contributed by atoms with E-state index in [1.807, 2.05) is 6.20 Å². The zero-order chi connectivity index (χ0) is 11.7. The van der Waals surface area contributed by atoms with Crippen molar-refractivity contribution in [1.82, 2.24) is 19.7 Å². The molecule has 2 aromatic heterocycles. The minimum absolute atomic E-state index is 0.922. The normalized spacial score (nSPS) is 15.0. The van der Waals surface area contributed by atoms with Gasteiger partial charge >= 0.3 is 0 Å². The number of fused-ring (bicyclic) bond motifs is 1. The SMILES string of the molecule is CC(=Cc1cnn2c1CCC2)c1cnccn1. The molecule has 1 aliphatic rings.